The van der Waals surface area contributed by atoms with Crippen LogP contribution in [0.3, 0.4) is 0 Å². The number of sulfonamides is 1. The Bertz CT molecular complexity index is 1220. The molecule has 0 bridgehead atoms. The van der Waals surface area contributed by atoms with Crippen molar-refractivity contribution >= 4 is 27.5 Å². The second-order valence-electron chi connectivity index (χ2n) is 8.05. The minimum Gasteiger partial charge on any atom is -0.496 e. The van der Waals surface area contributed by atoms with Gasteiger partial charge in [-0.25, -0.2) is 8.42 Å². The molecule has 0 unspecified atom stereocenters. The second kappa shape index (κ2) is 11.5. The summed E-state index contributed by atoms with van der Waals surface area (Å²) in [5.41, 5.74) is 2.57. The maximum atomic E-state index is 13.5. The number of benzene rings is 3. The number of amides is 1. The van der Waals surface area contributed by atoms with Crippen molar-refractivity contribution in [1.82, 2.24) is 9.62 Å². The Labute approximate surface area is 206 Å². The van der Waals surface area contributed by atoms with Crippen LogP contribution in [0.2, 0.25) is 5.02 Å². The van der Waals surface area contributed by atoms with Gasteiger partial charge in [-0.15, -0.1) is 0 Å². The summed E-state index contributed by atoms with van der Waals surface area (Å²) in [4.78, 5) is 13.0. The zero-order valence-corrected chi connectivity index (χ0v) is 21.1. The second-order valence-corrected chi connectivity index (χ2v) is 10.4. The van der Waals surface area contributed by atoms with Gasteiger partial charge in [-0.3, -0.25) is 4.79 Å². The van der Waals surface area contributed by atoms with Crippen LogP contribution in [0.15, 0.2) is 77.7 Å². The number of hydrogen-bond donors (Lipinski definition) is 1. The molecular formula is C26H29ClN2O4S. The van der Waals surface area contributed by atoms with E-state index < -0.39 is 10.0 Å². The van der Waals surface area contributed by atoms with Gasteiger partial charge in [0.05, 0.1) is 24.6 Å². The summed E-state index contributed by atoms with van der Waals surface area (Å²) in [6, 6.07) is 21.1. The van der Waals surface area contributed by atoms with Crippen LogP contribution in [0, 0.1) is 6.92 Å². The molecule has 0 fully saturated rings. The lowest BCUT2D eigenvalue weighted by Crippen LogP contribution is -2.42. The summed E-state index contributed by atoms with van der Waals surface area (Å²) in [5, 5.41) is 3.50. The lowest BCUT2D eigenvalue weighted by molar-refractivity contribution is -0.121. The van der Waals surface area contributed by atoms with Crippen LogP contribution in [0.1, 0.15) is 29.7 Å². The van der Waals surface area contributed by atoms with Crippen LogP contribution in [-0.2, 0) is 21.2 Å². The average molecular weight is 501 g/mol. The summed E-state index contributed by atoms with van der Waals surface area (Å²) in [6.45, 7) is 3.50. The fraction of sp³-hybridized carbons (Fsp3) is 0.269. The summed E-state index contributed by atoms with van der Waals surface area (Å²) < 4.78 is 33.5. The van der Waals surface area contributed by atoms with E-state index in [2.05, 4.69) is 5.32 Å². The minimum absolute atomic E-state index is 0.123. The summed E-state index contributed by atoms with van der Waals surface area (Å²) in [5.74, 6) is 0.216. The molecule has 0 saturated heterocycles. The summed E-state index contributed by atoms with van der Waals surface area (Å²) in [6.07, 6.45) is 0.481. The number of carbonyl (C=O) groups is 1. The zero-order valence-electron chi connectivity index (χ0n) is 19.5. The van der Waals surface area contributed by atoms with Crippen molar-refractivity contribution in [2.24, 2.45) is 0 Å². The van der Waals surface area contributed by atoms with Gasteiger partial charge in [-0.2, -0.15) is 4.31 Å². The lowest BCUT2D eigenvalue weighted by atomic mass is 10.1. The van der Waals surface area contributed by atoms with Gasteiger partial charge in [-0.05, 0) is 67.3 Å². The first-order valence-corrected chi connectivity index (χ1v) is 12.8. The first kappa shape index (κ1) is 25.7. The van der Waals surface area contributed by atoms with E-state index in [0.717, 1.165) is 11.1 Å². The maximum Gasteiger partial charge on any atom is 0.243 e. The molecule has 0 aliphatic carbocycles. The van der Waals surface area contributed by atoms with Crippen LogP contribution in [0.4, 0.5) is 0 Å². The lowest BCUT2D eigenvalue weighted by Gasteiger charge is -2.23. The molecular weight excluding hydrogens is 472 g/mol. The number of methoxy groups -OCH3 is 1. The Balaban J connectivity index is 1.81. The van der Waals surface area contributed by atoms with Crippen LogP contribution in [-0.4, -0.2) is 38.8 Å². The van der Waals surface area contributed by atoms with Gasteiger partial charge >= 0.3 is 0 Å². The van der Waals surface area contributed by atoms with E-state index in [4.69, 9.17) is 16.3 Å². The van der Waals surface area contributed by atoms with Crippen molar-refractivity contribution < 1.29 is 17.9 Å². The highest BCUT2D eigenvalue weighted by molar-refractivity contribution is 7.89. The third kappa shape index (κ3) is 6.59. The Morgan fingerprint density at radius 2 is 1.74 bits per heavy atom. The molecule has 1 amide bonds. The molecule has 180 valence electrons. The third-order valence-corrected chi connectivity index (χ3v) is 7.66. The highest BCUT2D eigenvalue weighted by Crippen LogP contribution is 2.24. The molecule has 3 aromatic carbocycles. The molecule has 0 saturated carbocycles. The van der Waals surface area contributed by atoms with Crippen molar-refractivity contribution in [3.05, 3.63) is 94.5 Å². The minimum atomic E-state index is -3.92. The van der Waals surface area contributed by atoms with Gasteiger partial charge in [0.25, 0.3) is 0 Å². The molecule has 34 heavy (non-hydrogen) atoms. The zero-order chi connectivity index (χ0) is 24.7. The van der Waals surface area contributed by atoms with Gasteiger partial charge < -0.3 is 10.1 Å². The quantitative estimate of drug-likeness (QED) is 0.435. The van der Waals surface area contributed by atoms with Gasteiger partial charge in [-0.1, -0.05) is 54.1 Å². The topological polar surface area (TPSA) is 75.7 Å². The number of carbonyl (C=O) groups excluding carboxylic acids is 1. The van der Waals surface area contributed by atoms with Crippen LogP contribution >= 0.6 is 11.6 Å². The predicted octanol–water partition coefficient (Wildman–Crippen LogP) is 4.77. The normalized spacial score (nSPS) is 12.4. The molecule has 3 rings (SSSR count). The largest absolute Gasteiger partial charge is 0.496 e. The number of halogens is 1. The Morgan fingerprint density at radius 1 is 1.06 bits per heavy atom. The molecule has 8 heteroatoms. The van der Waals surface area contributed by atoms with Crippen molar-refractivity contribution in [3.63, 3.8) is 0 Å². The molecule has 0 spiro atoms. The van der Waals surface area contributed by atoms with E-state index in [9.17, 15) is 13.2 Å². The fourth-order valence-corrected chi connectivity index (χ4v) is 5.23. The van der Waals surface area contributed by atoms with Gasteiger partial charge in [0.15, 0.2) is 0 Å². The van der Waals surface area contributed by atoms with Crippen molar-refractivity contribution in [1.29, 1.82) is 0 Å². The maximum absolute atomic E-state index is 13.5. The van der Waals surface area contributed by atoms with Crippen LogP contribution in [0.25, 0.3) is 0 Å². The van der Waals surface area contributed by atoms with E-state index in [0.29, 0.717) is 22.8 Å². The number of aryl methyl sites for hydroxylation is 1. The predicted molar refractivity (Wildman–Crippen MR) is 135 cm³/mol. The molecule has 6 nitrogen and oxygen atoms in total. The Kier molecular flexibility index (Phi) is 8.72. The van der Waals surface area contributed by atoms with Crippen LogP contribution < -0.4 is 10.1 Å². The highest BCUT2D eigenvalue weighted by Gasteiger charge is 2.27. The van der Waals surface area contributed by atoms with E-state index in [1.807, 2.05) is 49.4 Å². The summed E-state index contributed by atoms with van der Waals surface area (Å²) in [7, 11) is -2.38. The van der Waals surface area contributed by atoms with Crippen LogP contribution in [0.5, 0.6) is 5.75 Å². The molecule has 0 aliphatic heterocycles. The fourth-order valence-electron chi connectivity index (χ4n) is 3.63. The molecule has 1 N–H and O–H groups in total. The molecule has 0 radical (unpaired) electrons. The molecule has 0 aromatic heterocycles. The Morgan fingerprint density at radius 3 is 2.35 bits per heavy atom. The van der Waals surface area contributed by atoms with Crippen molar-refractivity contribution in [2.75, 3.05) is 20.2 Å². The average Bonchev–Trinajstić information content (AvgIpc) is 2.82. The third-order valence-electron chi connectivity index (χ3n) is 5.56. The van der Waals surface area contributed by atoms with Crippen molar-refractivity contribution in [3.8, 4) is 5.75 Å². The number of rotatable bonds is 10. The monoisotopic (exact) mass is 500 g/mol. The van der Waals surface area contributed by atoms with Gasteiger partial charge in [0.2, 0.25) is 15.9 Å². The smallest absolute Gasteiger partial charge is 0.243 e. The molecule has 1 atom stereocenters. The molecule has 0 heterocycles. The number of nitrogens with zero attached hydrogens (tertiary/aromatic N) is 1. The Hall–Kier alpha value is -2.87. The molecule has 0 aliphatic rings. The SMILES string of the molecule is COc1ccc(S(=O)(=O)N(CCc2ccccc2)CC(=O)N[C@@H](C)c2ccc(Cl)cc2)cc1C. The van der Waals surface area contributed by atoms with Crippen molar-refractivity contribution in [2.45, 2.75) is 31.2 Å². The van der Waals surface area contributed by atoms with E-state index in [1.54, 1.807) is 31.2 Å². The van der Waals surface area contributed by atoms with Gasteiger partial charge in [0.1, 0.15) is 5.75 Å². The number of ether oxygens (including phenoxy) is 1. The number of hydrogen-bond acceptors (Lipinski definition) is 4. The first-order chi connectivity index (χ1) is 16.2. The van der Waals surface area contributed by atoms with E-state index >= 15 is 0 Å². The highest BCUT2D eigenvalue weighted by atomic mass is 35.5. The first-order valence-electron chi connectivity index (χ1n) is 10.9. The van der Waals surface area contributed by atoms with E-state index in [-0.39, 0.29) is 29.9 Å². The van der Waals surface area contributed by atoms with E-state index in [1.165, 1.54) is 17.5 Å². The molecule has 3 aromatic rings. The standard InChI is InChI=1S/C26H29ClN2O4S/c1-19-17-24(13-14-25(19)33-3)34(31,32)29(16-15-21-7-5-4-6-8-21)18-26(30)28-20(2)22-9-11-23(27)12-10-22/h4-14,17,20H,15-16,18H2,1-3H3,(H,28,30)/t20-/m0/s1. The number of nitrogens with one attached hydrogen (secondary N) is 1. The van der Waals surface area contributed by atoms with Gasteiger partial charge in [0, 0.05) is 11.6 Å². The summed E-state index contributed by atoms with van der Waals surface area (Å²) >= 11 is 5.95.